The molecular formula is C8H16O3S3. The Morgan fingerprint density at radius 2 is 2.00 bits per heavy atom. The molecule has 6 heteroatoms. The summed E-state index contributed by atoms with van der Waals surface area (Å²) >= 11 is 0. The summed E-state index contributed by atoms with van der Waals surface area (Å²) in [6, 6.07) is 0. The summed E-state index contributed by atoms with van der Waals surface area (Å²) in [5.74, 6) is 0.201. The third-order valence-corrected chi connectivity index (χ3v) is 7.04. The Kier molecular flexibility index (Phi) is 3.83. The minimum absolute atomic E-state index is 0.00519. The van der Waals surface area contributed by atoms with Gasteiger partial charge in [-0.3, -0.25) is 0 Å². The maximum absolute atomic E-state index is 11.2. The van der Waals surface area contributed by atoms with Gasteiger partial charge in [0.15, 0.2) is 0 Å². The van der Waals surface area contributed by atoms with Crippen LogP contribution in [0.15, 0.2) is 0 Å². The van der Waals surface area contributed by atoms with Crippen molar-refractivity contribution in [1.82, 2.24) is 0 Å². The highest BCUT2D eigenvalue weighted by Gasteiger charge is 2.45. The van der Waals surface area contributed by atoms with E-state index in [0.29, 0.717) is 0 Å². The van der Waals surface area contributed by atoms with Crippen molar-refractivity contribution in [2.45, 2.75) is 29.9 Å². The van der Waals surface area contributed by atoms with E-state index in [1.807, 2.05) is 0 Å². The summed E-state index contributed by atoms with van der Waals surface area (Å²) in [6.07, 6.45) is 1.28. The third kappa shape index (κ3) is 3.05. The average Bonchev–Trinajstić information content (AvgIpc) is 2.23. The summed E-state index contributed by atoms with van der Waals surface area (Å²) in [5.41, 5.74) is 0. The van der Waals surface area contributed by atoms with Gasteiger partial charge >= 0.3 is 0 Å². The normalized spacial score (nSPS) is 32.0. The summed E-state index contributed by atoms with van der Waals surface area (Å²) in [7, 11) is 2.06. The second-order valence-electron chi connectivity index (χ2n) is 4.07. The molecule has 0 spiro atoms. The van der Waals surface area contributed by atoms with Crippen molar-refractivity contribution >= 4 is 31.4 Å². The van der Waals surface area contributed by atoms with Crippen LogP contribution in [-0.4, -0.2) is 43.6 Å². The van der Waals surface area contributed by atoms with Gasteiger partial charge < -0.3 is 4.74 Å². The molecule has 1 aliphatic rings. The van der Waals surface area contributed by atoms with E-state index in [1.165, 1.54) is 6.26 Å². The Bertz CT molecular complexity index is 297. The Labute approximate surface area is 93.7 Å². The van der Waals surface area contributed by atoms with Gasteiger partial charge in [-0.05, 0) is 13.8 Å². The molecule has 2 unspecified atom stereocenters. The predicted molar refractivity (Wildman–Crippen MR) is 63.6 cm³/mol. The molecule has 0 N–H and O–H groups in total. The van der Waals surface area contributed by atoms with Crippen LogP contribution >= 0.6 is 21.6 Å². The molecule has 84 valence electrons. The van der Waals surface area contributed by atoms with Gasteiger partial charge in [0, 0.05) is 18.1 Å². The van der Waals surface area contributed by atoms with Crippen LogP contribution in [0.1, 0.15) is 13.8 Å². The van der Waals surface area contributed by atoms with Crippen LogP contribution in [0.25, 0.3) is 0 Å². The maximum atomic E-state index is 11.2. The van der Waals surface area contributed by atoms with E-state index >= 15 is 0 Å². The van der Waals surface area contributed by atoms with Crippen molar-refractivity contribution in [3.8, 4) is 0 Å². The zero-order chi connectivity index (χ0) is 11.0. The number of methoxy groups -OCH3 is 1. The van der Waals surface area contributed by atoms with E-state index in [4.69, 9.17) is 4.74 Å². The van der Waals surface area contributed by atoms with Gasteiger partial charge in [-0.15, -0.1) is 0 Å². The molecule has 1 heterocycles. The first-order valence-electron chi connectivity index (χ1n) is 4.31. The number of ether oxygens (including phenoxy) is 1. The molecular weight excluding hydrogens is 240 g/mol. The highest BCUT2D eigenvalue weighted by atomic mass is 33.1. The first-order chi connectivity index (χ1) is 6.26. The van der Waals surface area contributed by atoms with Gasteiger partial charge in [-0.1, -0.05) is 21.6 Å². The third-order valence-electron chi connectivity index (χ3n) is 2.13. The standard InChI is InChI=1S/C8H16O3S3/c1-8(2)7(11-3)6(12-13-8)5-14(4,9)10/h6-7H,5H2,1-4H3. The molecule has 14 heavy (non-hydrogen) atoms. The van der Waals surface area contributed by atoms with E-state index in [2.05, 4.69) is 13.8 Å². The van der Waals surface area contributed by atoms with E-state index < -0.39 is 9.84 Å². The van der Waals surface area contributed by atoms with E-state index in [1.54, 1.807) is 28.7 Å². The van der Waals surface area contributed by atoms with E-state index in [0.717, 1.165) is 0 Å². The van der Waals surface area contributed by atoms with Gasteiger partial charge in [-0.25, -0.2) is 8.42 Å². The van der Waals surface area contributed by atoms with Gasteiger partial charge in [0.2, 0.25) is 0 Å². The Balaban J connectivity index is 2.74. The molecule has 1 aliphatic heterocycles. The fourth-order valence-corrected chi connectivity index (χ4v) is 6.88. The zero-order valence-electron chi connectivity index (χ0n) is 8.81. The Morgan fingerprint density at radius 1 is 1.43 bits per heavy atom. The van der Waals surface area contributed by atoms with Crippen LogP contribution < -0.4 is 0 Å². The molecule has 3 nitrogen and oxygen atoms in total. The fourth-order valence-electron chi connectivity index (χ4n) is 1.58. The molecule has 0 aromatic rings. The molecule has 0 aromatic heterocycles. The van der Waals surface area contributed by atoms with Gasteiger partial charge in [0.25, 0.3) is 0 Å². The molecule has 1 rings (SSSR count). The lowest BCUT2D eigenvalue weighted by atomic mass is 10.0. The first-order valence-corrected chi connectivity index (χ1v) is 8.58. The summed E-state index contributed by atoms with van der Waals surface area (Å²) < 4.78 is 27.7. The zero-order valence-corrected chi connectivity index (χ0v) is 11.3. The monoisotopic (exact) mass is 256 g/mol. The molecule has 1 saturated heterocycles. The number of hydrogen-bond donors (Lipinski definition) is 0. The fraction of sp³-hybridized carbons (Fsp3) is 1.00. The van der Waals surface area contributed by atoms with Crippen LogP contribution in [0.4, 0.5) is 0 Å². The van der Waals surface area contributed by atoms with Gasteiger partial charge in [-0.2, -0.15) is 0 Å². The van der Waals surface area contributed by atoms with E-state index in [9.17, 15) is 8.42 Å². The Morgan fingerprint density at radius 3 is 2.43 bits per heavy atom. The van der Waals surface area contributed by atoms with Crippen molar-refractivity contribution < 1.29 is 13.2 Å². The van der Waals surface area contributed by atoms with Crippen LogP contribution in [0.5, 0.6) is 0 Å². The SMILES string of the molecule is COC1C(CS(C)(=O)=O)SSC1(C)C. The van der Waals surface area contributed by atoms with Gasteiger partial charge in [0.05, 0.1) is 17.1 Å². The molecule has 2 atom stereocenters. The summed E-state index contributed by atoms with van der Waals surface area (Å²) in [4.78, 5) is 0. The quantitative estimate of drug-likeness (QED) is 0.717. The molecule has 0 aliphatic carbocycles. The lowest BCUT2D eigenvalue weighted by molar-refractivity contribution is 0.0832. The second kappa shape index (κ2) is 4.23. The number of rotatable bonds is 3. The average molecular weight is 256 g/mol. The topological polar surface area (TPSA) is 43.4 Å². The molecule has 0 bridgehead atoms. The summed E-state index contributed by atoms with van der Waals surface area (Å²) in [5, 5.41) is 0.0509. The van der Waals surface area contributed by atoms with Crippen LogP contribution in [0.3, 0.4) is 0 Å². The lowest BCUT2D eigenvalue weighted by Gasteiger charge is -2.26. The largest absolute Gasteiger partial charge is 0.379 e. The van der Waals surface area contributed by atoms with Crippen molar-refractivity contribution in [2.75, 3.05) is 19.1 Å². The van der Waals surface area contributed by atoms with Crippen molar-refractivity contribution in [1.29, 1.82) is 0 Å². The summed E-state index contributed by atoms with van der Waals surface area (Å²) in [6.45, 7) is 4.17. The molecule has 0 saturated carbocycles. The predicted octanol–water partition coefficient (Wildman–Crippen LogP) is 1.59. The molecule has 1 fully saturated rings. The van der Waals surface area contributed by atoms with Crippen LogP contribution in [-0.2, 0) is 14.6 Å². The minimum Gasteiger partial charge on any atom is -0.379 e. The minimum atomic E-state index is -2.91. The highest BCUT2D eigenvalue weighted by Crippen LogP contribution is 2.52. The van der Waals surface area contributed by atoms with E-state index in [-0.39, 0.29) is 21.9 Å². The van der Waals surface area contributed by atoms with Crippen molar-refractivity contribution in [3.05, 3.63) is 0 Å². The van der Waals surface area contributed by atoms with Crippen molar-refractivity contribution in [2.24, 2.45) is 0 Å². The second-order valence-corrected chi connectivity index (χ2v) is 9.35. The number of sulfone groups is 1. The van der Waals surface area contributed by atoms with Crippen LogP contribution in [0, 0.1) is 0 Å². The lowest BCUT2D eigenvalue weighted by Crippen LogP contribution is -2.39. The van der Waals surface area contributed by atoms with Gasteiger partial charge in [0.1, 0.15) is 9.84 Å². The molecule has 0 amide bonds. The Hall–Kier alpha value is 0.610. The molecule has 0 aromatic carbocycles. The smallest absolute Gasteiger partial charge is 0.148 e. The highest BCUT2D eigenvalue weighted by molar-refractivity contribution is 8.78. The van der Waals surface area contributed by atoms with Crippen molar-refractivity contribution in [3.63, 3.8) is 0 Å². The number of hydrogen-bond acceptors (Lipinski definition) is 5. The van der Waals surface area contributed by atoms with Crippen LogP contribution in [0.2, 0.25) is 0 Å². The first kappa shape index (κ1) is 12.7. The molecule has 0 radical (unpaired) electrons. The maximum Gasteiger partial charge on any atom is 0.148 e.